The summed E-state index contributed by atoms with van der Waals surface area (Å²) >= 11 is 5.83. The van der Waals surface area contributed by atoms with Crippen molar-refractivity contribution in [2.75, 3.05) is 18.5 Å². The molecule has 0 radical (unpaired) electrons. The Morgan fingerprint density at radius 2 is 1.88 bits per heavy atom. The van der Waals surface area contributed by atoms with E-state index in [2.05, 4.69) is 5.32 Å². The molecule has 1 N–H and O–H groups in total. The van der Waals surface area contributed by atoms with Crippen LogP contribution in [0.25, 0.3) is 0 Å². The molecule has 2 aromatic carbocycles. The summed E-state index contributed by atoms with van der Waals surface area (Å²) in [5.74, 6) is -0.537. The number of esters is 1. The highest BCUT2D eigenvalue weighted by atomic mass is 35.5. The van der Waals surface area contributed by atoms with Crippen molar-refractivity contribution in [1.29, 1.82) is 0 Å². The predicted molar refractivity (Wildman–Crippen MR) is 95.0 cm³/mol. The monoisotopic (exact) mass is 359 g/mol. The molecule has 3 rings (SSSR count). The molecule has 0 atom stereocenters. The first-order valence-corrected chi connectivity index (χ1v) is 8.43. The maximum atomic E-state index is 11.9. The van der Waals surface area contributed by atoms with Crippen LogP contribution in [-0.4, -0.2) is 25.1 Å². The molecule has 5 nitrogen and oxygen atoms in total. The predicted octanol–water partition coefficient (Wildman–Crippen LogP) is 3.39. The number of nitrogens with one attached hydrogen (secondary N) is 1. The fourth-order valence-corrected chi connectivity index (χ4v) is 2.91. The molecule has 25 heavy (non-hydrogen) atoms. The number of halogens is 1. The number of fused-ring (bicyclic) bond motifs is 1. The van der Waals surface area contributed by atoms with Crippen molar-refractivity contribution in [3.8, 4) is 5.75 Å². The summed E-state index contributed by atoms with van der Waals surface area (Å²) in [6.07, 6.45) is 3.28. The van der Waals surface area contributed by atoms with Crippen molar-refractivity contribution < 1.29 is 19.1 Å². The summed E-state index contributed by atoms with van der Waals surface area (Å²) < 4.78 is 10.2. The highest BCUT2D eigenvalue weighted by Crippen LogP contribution is 2.24. The maximum Gasteiger partial charge on any atom is 0.344 e. The fraction of sp³-hybridized carbons (Fsp3) is 0.263. The van der Waals surface area contributed by atoms with Gasteiger partial charge in [-0.05, 0) is 60.7 Å². The second-order valence-corrected chi connectivity index (χ2v) is 6.23. The van der Waals surface area contributed by atoms with E-state index in [1.165, 1.54) is 11.1 Å². The van der Waals surface area contributed by atoms with Crippen molar-refractivity contribution in [1.82, 2.24) is 0 Å². The summed E-state index contributed by atoms with van der Waals surface area (Å²) in [5.41, 5.74) is 3.32. The number of hydrogen-bond donors (Lipinski definition) is 1. The summed E-state index contributed by atoms with van der Waals surface area (Å²) in [6, 6.07) is 12.6. The van der Waals surface area contributed by atoms with Crippen LogP contribution in [0.2, 0.25) is 5.02 Å². The van der Waals surface area contributed by atoms with Gasteiger partial charge < -0.3 is 14.8 Å². The fourth-order valence-electron chi connectivity index (χ4n) is 2.73. The molecule has 0 saturated heterocycles. The first-order valence-electron chi connectivity index (χ1n) is 8.06. The van der Waals surface area contributed by atoms with Gasteiger partial charge in [0.1, 0.15) is 5.75 Å². The van der Waals surface area contributed by atoms with Gasteiger partial charge in [-0.2, -0.15) is 0 Å². The third-order valence-electron chi connectivity index (χ3n) is 3.90. The van der Waals surface area contributed by atoms with Crippen LogP contribution in [0.3, 0.4) is 0 Å². The summed E-state index contributed by atoms with van der Waals surface area (Å²) in [6.45, 7) is -0.638. The van der Waals surface area contributed by atoms with E-state index in [1.807, 2.05) is 18.2 Å². The van der Waals surface area contributed by atoms with Crippen LogP contribution in [0, 0.1) is 0 Å². The Labute approximate surface area is 150 Å². The molecule has 1 aliphatic carbocycles. The van der Waals surface area contributed by atoms with Crippen molar-refractivity contribution in [3.05, 3.63) is 58.6 Å². The van der Waals surface area contributed by atoms with E-state index in [4.69, 9.17) is 21.1 Å². The van der Waals surface area contributed by atoms with Gasteiger partial charge in [0, 0.05) is 10.7 Å². The van der Waals surface area contributed by atoms with E-state index in [1.54, 1.807) is 24.3 Å². The minimum atomic E-state index is -0.621. The lowest BCUT2D eigenvalue weighted by Crippen LogP contribution is -2.23. The average Bonchev–Trinajstić information content (AvgIpc) is 3.06. The zero-order chi connectivity index (χ0) is 17.6. The molecule has 6 heteroatoms. The van der Waals surface area contributed by atoms with E-state index in [-0.39, 0.29) is 19.1 Å². The molecular formula is C19H18ClNO4. The van der Waals surface area contributed by atoms with Gasteiger partial charge >= 0.3 is 5.97 Å². The van der Waals surface area contributed by atoms with E-state index >= 15 is 0 Å². The largest absolute Gasteiger partial charge is 0.482 e. The van der Waals surface area contributed by atoms with Crippen LogP contribution in [0.5, 0.6) is 5.75 Å². The van der Waals surface area contributed by atoms with Gasteiger partial charge in [-0.15, -0.1) is 0 Å². The lowest BCUT2D eigenvalue weighted by atomic mass is 10.1. The highest BCUT2D eigenvalue weighted by Gasteiger charge is 2.13. The second kappa shape index (κ2) is 8.03. The molecule has 0 spiro atoms. The van der Waals surface area contributed by atoms with Crippen LogP contribution in [0.1, 0.15) is 17.5 Å². The van der Waals surface area contributed by atoms with Crippen molar-refractivity contribution >= 4 is 29.2 Å². The first-order chi connectivity index (χ1) is 12.1. The van der Waals surface area contributed by atoms with E-state index in [0.29, 0.717) is 10.8 Å². The van der Waals surface area contributed by atoms with Gasteiger partial charge in [-0.1, -0.05) is 23.7 Å². The SMILES string of the molecule is O=C(COC(=O)COc1cccc(Cl)c1)Nc1ccc2c(c1)CCC2. The Kier molecular flexibility index (Phi) is 5.56. The normalized spacial score (nSPS) is 12.4. The van der Waals surface area contributed by atoms with Crippen molar-refractivity contribution in [2.45, 2.75) is 19.3 Å². The Hall–Kier alpha value is -2.53. The van der Waals surface area contributed by atoms with Gasteiger partial charge in [-0.25, -0.2) is 4.79 Å². The number of aryl methyl sites for hydroxylation is 2. The minimum absolute atomic E-state index is 0.285. The molecule has 0 heterocycles. The van der Waals surface area contributed by atoms with Gasteiger partial charge in [0.2, 0.25) is 0 Å². The number of ether oxygens (including phenoxy) is 2. The van der Waals surface area contributed by atoms with Crippen LogP contribution >= 0.6 is 11.6 Å². The third kappa shape index (κ3) is 4.97. The summed E-state index contributed by atoms with van der Waals surface area (Å²) in [5, 5.41) is 3.25. The zero-order valence-electron chi connectivity index (χ0n) is 13.6. The number of anilines is 1. The van der Waals surface area contributed by atoms with E-state index in [9.17, 15) is 9.59 Å². The number of carbonyl (C=O) groups is 2. The smallest absolute Gasteiger partial charge is 0.344 e. The van der Waals surface area contributed by atoms with Crippen molar-refractivity contribution in [2.24, 2.45) is 0 Å². The number of carbonyl (C=O) groups excluding carboxylic acids is 2. The Bertz CT molecular complexity index is 791. The summed E-state index contributed by atoms with van der Waals surface area (Å²) in [4.78, 5) is 23.5. The molecule has 0 saturated carbocycles. The van der Waals surface area contributed by atoms with Gasteiger partial charge in [0.25, 0.3) is 5.91 Å². The number of rotatable bonds is 6. The molecule has 0 fully saturated rings. The van der Waals surface area contributed by atoms with E-state index < -0.39 is 5.97 Å². The number of amides is 1. The molecule has 1 amide bonds. The quantitative estimate of drug-likeness (QED) is 0.803. The molecule has 130 valence electrons. The molecule has 1 aliphatic rings. The molecule has 0 bridgehead atoms. The molecule has 0 unspecified atom stereocenters. The molecule has 0 aromatic heterocycles. The minimum Gasteiger partial charge on any atom is -0.482 e. The highest BCUT2D eigenvalue weighted by molar-refractivity contribution is 6.30. The average molecular weight is 360 g/mol. The maximum absolute atomic E-state index is 11.9. The Morgan fingerprint density at radius 1 is 1.04 bits per heavy atom. The van der Waals surface area contributed by atoms with Crippen LogP contribution < -0.4 is 10.1 Å². The zero-order valence-corrected chi connectivity index (χ0v) is 14.3. The van der Waals surface area contributed by atoms with Gasteiger partial charge in [-0.3, -0.25) is 4.79 Å². The molecular weight excluding hydrogens is 342 g/mol. The number of benzene rings is 2. The van der Waals surface area contributed by atoms with Crippen LogP contribution in [0.4, 0.5) is 5.69 Å². The van der Waals surface area contributed by atoms with Crippen LogP contribution in [-0.2, 0) is 27.2 Å². The van der Waals surface area contributed by atoms with Gasteiger partial charge in [0.05, 0.1) is 0 Å². The second-order valence-electron chi connectivity index (χ2n) is 5.79. The lowest BCUT2D eigenvalue weighted by Gasteiger charge is -2.09. The van der Waals surface area contributed by atoms with Crippen molar-refractivity contribution in [3.63, 3.8) is 0 Å². The van der Waals surface area contributed by atoms with E-state index in [0.717, 1.165) is 24.9 Å². The van der Waals surface area contributed by atoms with Crippen LogP contribution in [0.15, 0.2) is 42.5 Å². The topological polar surface area (TPSA) is 64.6 Å². The summed E-state index contributed by atoms with van der Waals surface area (Å²) in [7, 11) is 0. The standard InChI is InChI=1S/C19H18ClNO4/c20-15-5-2-6-17(10-15)24-12-19(23)25-11-18(22)21-16-8-7-13-3-1-4-14(13)9-16/h2,5-10H,1,3-4,11-12H2,(H,21,22). The Balaban J connectivity index is 1.42. The lowest BCUT2D eigenvalue weighted by molar-refractivity contribution is -0.149. The molecule has 2 aromatic rings. The molecule has 0 aliphatic heterocycles. The first kappa shape index (κ1) is 17.3. The Morgan fingerprint density at radius 3 is 2.72 bits per heavy atom. The van der Waals surface area contributed by atoms with Gasteiger partial charge in [0.15, 0.2) is 13.2 Å². The number of hydrogen-bond acceptors (Lipinski definition) is 4. The third-order valence-corrected chi connectivity index (χ3v) is 4.13.